The minimum atomic E-state index is -2.51. The van der Waals surface area contributed by atoms with Crippen LogP contribution < -0.4 is 9.64 Å². The predicted octanol–water partition coefficient (Wildman–Crippen LogP) is 5.23. The number of hydrogen-bond acceptors (Lipinski definition) is 7. The molecule has 226 valence electrons. The second kappa shape index (κ2) is 10.3. The largest absolute Gasteiger partial charge is 0.461 e. The molecule has 0 bridgehead atoms. The van der Waals surface area contributed by atoms with Gasteiger partial charge in [0.05, 0.1) is 41.2 Å². The highest BCUT2D eigenvalue weighted by Crippen LogP contribution is 2.45. The van der Waals surface area contributed by atoms with Crippen molar-refractivity contribution in [2.24, 2.45) is 5.92 Å². The third-order valence-electron chi connectivity index (χ3n) is 9.15. The molecule has 3 aliphatic heterocycles. The molecule has 8 rings (SSSR count). The first-order chi connectivity index (χ1) is 22.9. The summed E-state index contributed by atoms with van der Waals surface area (Å²) in [5.74, 6) is -0.519. The molecular formula is C33H29F4N5O2. The molecule has 44 heavy (non-hydrogen) atoms. The summed E-state index contributed by atoms with van der Waals surface area (Å²) in [5, 5.41) is 0.820. The Kier molecular flexibility index (Phi) is 5.46. The molecule has 2 aromatic carbocycles. The minimum absolute atomic E-state index is 0.0263. The van der Waals surface area contributed by atoms with E-state index in [2.05, 4.69) is 20.9 Å². The Labute approximate surface area is 256 Å². The molecule has 5 atom stereocenters. The van der Waals surface area contributed by atoms with Crippen LogP contribution in [0.25, 0.3) is 32.9 Å². The van der Waals surface area contributed by atoms with E-state index in [0.29, 0.717) is 24.8 Å². The van der Waals surface area contributed by atoms with Crippen molar-refractivity contribution < 1.29 is 32.5 Å². The summed E-state index contributed by atoms with van der Waals surface area (Å²) < 4.78 is 107. The van der Waals surface area contributed by atoms with Gasteiger partial charge in [-0.3, -0.25) is 9.88 Å². The minimum Gasteiger partial charge on any atom is -0.461 e. The van der Waals surface area contributed by atoms with Crippen LogP contribution in [-0.2, 0) is 4.74 Å². The fourth-order valence-corrected chi connectivity index (χ4v) is 7.02. The maximum absolute atomic E-state index is 16.8. The summed E-state index contributed by atoms with van der Waals surface area (Å²) in [6.45, 7) is -4.41. The van der Waals surface area contributed by atoms with Crippen LogP contribution in [0.4, 0.5) is 23.4 Å². The van der Waals surface area contributed by atoms with Crippen molar-refractivity contribution >= 4 is 27.5 Å². The number of anilines is 1. The molecule has 3 saturated heterocycles. The number of terminal acetylenes is 1. The Morgan fingerprint density at radius 2 is 2.09 bits per heavy atom. The Hall–Kier alpha value is -4.01. The van der Waals surface area contributed by atoms with Gasteiger partial charge in [0.1, 0.15) is 41.7 Å². The third kappa shape index (κ3) is 4.22. The molecule has 4 aliphatic rings. The molecule has 4 fully saturated rings. The van der Waals surface area contributed by atoms with Crippen LogP contribution in [0, 0.1) is 29.9 Å². The van der Waals surface area contributed by atoms with Crippen LogP contribution >= 0.6 is 0 Å². The lowest BCUT2D eigenvalue weighted by Crippen LogP contribution is -2.43. The van der Waals surface area contributed by atoms with Crippen LogP contribution in [0.3, 0.4) is 0 Å². The van der Waals surface area contributed by atoms with Gasteiger partial charge in [-0.1, -0.05) is 30.2 Å². The first-order valence-corrected chi connectivity index (χ1v) is 14.5. The van der Waals surface area contributed by atoms with Gasteiger partial charge in [0.2, 0.25) is 0 Å². The number of alkyl halides is 2. The molecule has 7 nitrogen and oxygen atoms in total. The second-order valence-electron chi connectivity index (χ2n) is 11.7. The summed E-state index contributed by atoms with van der Waals surface area (Å²) in [7, 11) is 0. The quantitative estimate of drug-likeness (QED) is 0.227. The van der Waals surface area contributed by atoms with E-state index in [-0.39, 0.29) is 65.0 Å². The van der Waals surface area contributed by atoms with E-state index in [1.807, 2.05) is 0 Å². The zero-order valence-corrected chi connectivity index (χ0v) is 23.4. The van der Waals surface area contributed by atoms with E-state index in [9.17, 15) is 8.78 Å². The number of ether oxygens (including phenoxy) is 2. The third-order valence-corrected chi connectivity index (χ3v) is 9.15. The van der Waals surface area contributed by atoms with E-state index in [4.69, 9.17) is 21.4 Å². The van der Waals surface area contributed by atoms with E-state index in [1.165, 1.54) is 29.3 Å². The molecular weight excluding hydrogens is 574 g/mol. The van der Waals surface area contributed by atoms with Crippen molar-refractivity contribution in [3.63, 3.8) is 0 Å². The van der Waals surface area contributed by atoms with Gasteiger partial charge in [-0.15, -0.1) is 6.42 Å². The fourth-order valence-electron chi connectivity index (χ4n) is 7.02. The molecule has 2 aromatic heterocycles. The highest BCUT2D eigenvalue weighted by Gasteiger charge is 2.56. The number of nitrogens with zero attached hydrogens (tertiary/aromatic N) is 5. The SMILES string of the molecule is [2H]C1([2H])OCCN(c2nc(OC([2H])([2H])[C@@]34CCCN3C[C@H](F)C4)nc3c(F)c(-c4cccc5ccc(F)c(C#C)c45)ncc23)[C@@H]2[C@@H](F)[C@@H]21. The second-order valence-corrected chi connectivity index (χ2v) is 11.7. The number of aromatic nitrogens is 3. The molecule has 5 heterocycles. The summed E-state index contributed by atoms with van der Waals surface area (Å²) in [6.07, 6.45) is 4.89. The summed E-state index contributed by atoms with van der Waals surface area (Å²) in [4.78, 5) is 16.3. The molecule has 11 heteroatoms. The fraction of sp³-hybridized carbons (Fsp3) is 0.424. The number of benzene rings is 2. The molecule has 4 aromatic rings. The van der Waals surface area contributed by atoms with Gasteiger partial charge in [-0.05, 0) is 30.8 Å². The molecule has 0 spiro atoms. The van der Waals surface area contributed by atoms with Crippen LogP contribution in [0.1, 0.15) is 30.3 Å². The Morgan fingerprint density at radius 1 is 1.20 bits per heavy atom. The normalized spacial score (nSPS) is 30.9. The maximum Gasteiger partial charge on any atom is 0.319 e. The molecule has 0 unspecified atom stereocenters. The highest BCUT2D eigenvalue weighted by atomic mass is 19.1. The van der Waals surface area contributed by atoms with E-state index in [1.54, 1.807) is 17.0 Å². The summed E-state index contributed by atoms with van der Waals surface area (Å²) in [6, 6.07) is 6.02. The molecule has 1 saturated carbocycles. The van der Waals surface area contributed by atoms with E-state index < -0.39 is 60.6 Å². The van der Waals surface area contributed by atoms with Gasteiger partial charge < -0.3 is 14.4 Å². The van der Waals surface area contributed by atoms with Crippen molar-refractivity contribution in [1.29, 1.82) is 0 Å². The Bertz CT molecular complexity index is 2030. The van der Waals surface area contributed by atoms with Gasteiger partial charge in [0.25, 0.3) is 0 Å². The van der Waals surface area contributed by atoms with Crippen molar-refractivity contribution in [2.45, 2.75) is 43.2 Å². The number of fused-ring (bicyclic) bond motifs is 4. The van der Waals surface area contributed by atoms with Crippen LogP contribution in [0.2, 0.25) is 0 Å². The molecule has 0 radical (unpaired) electrons. The molecule has 1 aliphatic carbocycles. The van der Waals surface area contributed by atoms with Gasteiger partial charge in [0, 0.05) is 42.6 Å². The lowest BCUT2D eigenvalue weighted by molar-refractivity contribution is 0.107. The van der Waals surface area contributed by atoms with Crippen molar-refractivity contribution in [1.82, 2.24) is 19.9 Å². The Morgan fingerprint density at radius 3 is 2.95 bits per heavy atom. The van der Waals surface area contributed by atoms with Gasteiger partial charge >= 0.3 is 6.01 Å². The standard InChI is InChI=1S/C33H29F4N5O2/c1-2-20-24(35)8-7-18-5-3-6-21(25(18)20)28-27(37)29-22(14-38-28)31(42-11-12-43-16-23-26(36)30(23)42)40-32(39-29)44-17-33-9-4-10-41(33)15-19(34)13-33/h1,3,5-8,14,19,23,26,30H,4,9-13,15-17H2/t19-,23+,26+,30+,33+/m1/s1/i16D2,17D2. The zero-order valence-electron chi connectivity index (χ0n) is 27.4. The lowest BCUT2D eigenvalue weighted by atomic mass is 9.95. The van der Waals surface area contributed by atoms with Gasteiger partial charge in [0.15, 0.2) is 5.82 Å². The predicted molar refractivity (Wildman–Crippen MR) is 157 cm³/mol. The smallest absolute Gasteiger partial charge is 0.319 e. The molecule has 0 amide bonds. The average molecular weight is 608 g/mol. The Balaban J connectivity index is 1.32. The first kappa shape index (κ1) is 23.4. The number of hydrogen-bond donors (Lipinski definition) is 0. The van der Waals surface area contributed by atoms with E-state index in [0.717, 1.165) is 0 Å². The van der Waals surface area contributed by atoms with Crippen LogP contribution in [-0.4, -0.2) is 83.1 Å². The number of rotatable bonds is 5. The van der Waals surface area contributed by atoms with Gasteiger partial charge in [-0.25, -0.2) is 17.6 Å². The molecule has 0 N–H and O–H groups in total. The van der Waals surface area contributed by atoms with Crippen molar-refractivity contribution in [3.05, 3.63) is 53.7 Å². The van der Waals surface area contributed by atoms with Crippen LogP contribution in [0.15, 0.2) is 36.5 Å². The van der Waals surface area contributed by atoms with Gasteiger partial charge in [-0.2, -0.15) is 9.97 Å². The lowest BCUT2D eigenvalue weighted by Gasteiger charge is -2.31. The number of pyridine rings is 1. The van der Waals surface area contributed by atoms with E-state index >= 15 is 8.78 Å². The van der Waals surface area contributed by atoms with Crippen molar-refractivity contribution in [3.8, 4) is 29.6 Å². The summed E-state index contributed by atoms with van der Waals surface area (Å²) in [5.41, 5.74) is -1.78. The summed E-state index contributed by atoms with van der Waals surface area (Å²) >= 11 is 0. The number of halogens is 4. The average Bonchev–Trinajstić information content (AvgIpc) is 3.42. The first-order valence-electron chi connectivity index (χ1n) is 16.5. The zero-order chi connectivity index (χ0) is 33.7. The van der Waals surface area contributed by atoms with Crippen LogP contribution in [0.5, 0.6) is 6.01 Å². The highest BCUT2D eigenvalue weighted by molar-refractivity contribution is 6.02. The van der Waals surface area contributed by atoms with Crippen molar-refractivity contribution in [2.75, 3.05) is 44.3 Å². The monoisotopic (exact) mass is 607 g/mol. The topological polar surface area (TPSA) is 63.6 Å². The maximum atomic E-state index is 16.8.